The van der Waals surface area contributed by atoms with Crippen LogP contribution in [0.1, 0.15) is 54.6 Å². The van der Waals surface area contributed by atoms with Gasteiger partial charge in [-0.05, 0) is 64.5 Å². The minimum Gasteiger partial charge on any atom is -0.475 e. The monoisotopic (exact) mass is 460 g/mol. The highest BCUT2D eigenvalue weighted by Crippen LogP contribution is 2.41. The summed E-state index contributed by atoms with van der Waals surface area (Å²) in [6.07, 6.45) is 3.76. The number of ether oxygens (including phenoxy) is 1. The number of likely N-dealkylation sites (tertiary alicyclic amines) is 2. The number of amides is 1. The summed E-state index contributed by atoms with van der Waals surface area (Å²) < 4.78 is 43.1. The molecule has 0 bridgehead atoms. The van der Waals surface area contributed by atoms with Gasteiger partial charge in [-0.15, -0.1) is 0 Å². The summed E-state index contributed by atoms with van der Waals surface area (Å²) >= 11 is 0. The summed E-state index contributed by atoms with van der Waals surface area (Å²) in [5.41, 5.74) is 1.18. The van der Waals surface area contributed by atoms with E-state index in [1.165, 1.54) is 25.7 Å². The first-order chi connectivity index (χ1) is 15.0. The average Bonchev–Trinajstić information content (AvgIpc) is 3.40. The molecule has 32 heavy (non-hydrogen) atoms. The molecule has 2 aliphatic heterocycles. The Balaban J connectivity index is 0.000000360. The van der Waals surface area contributed by atoms with Crippen molar-refractivity contribution in [1.82, 2.24) is 9.80 Å². The van der Waals surface area contributed by atoms with Crippen molar-refractivity contribution in [2.45, 2.75) is 63.2 Å². The Hall–Kier alpha value is -2.07. The van der Waals surface area contributed by atoms with Gasteiger partial charge in [0.1, 0.15) is 0 Å². The third-order valence-corrected chi connectivity index (χ3v) is 6.88. The molecule has 1 aromatic heterocycles. The molecule has 180 valence electrons. The Morgan fingerprint density at radius 2 is 1.81 bits per heavy atom. The molecule has 3 fully saturated rings. The van der Waals surface area contributed by atoms with Crippen LogP contribution in [0.25, 0.3) is 0 Å². The molecule has 3 aliphatic rings. The lowest BCUT2D eigenvalue weighted by molar-refractivity contribution is -0.192. The van der Waals surface area contributed by atoms with Crippen LogP contribution in [0, 0.1) is 12.8 Å². The maximum Gasteiger partial charge on any atom is 0.490 e. The molecule has 0 radical (unpaired) electrons. The zero-order valence-electron chi connectivity index (χ0n) is 18.5. The number of aryl methyl sites for hydroxylation is 1. The SMILES string of the molecule is Cc1ccoc1C(=O)N1CCC2(CCC(COCC3CC3)N2C)CC1.O=C(O)C(F)(F)F. The highest BCUT2D eigenvalue weighted by Gasteiger charge is 2.46. The first kappa shape index (κ1) is 24.6. The number of rotatable bonds is 5. The van der Waals surface area contributed by atoms with Crippen LogP contribution in [0.15, 0.2) is 16.7 Å². The number of aliphatic carboxylic acids is 1. The number of nitrogens with zero attached hydrogens (tertiary/aromatic N) is 2. The third kappa shape index (κ3) is 5.83. The van der Waals surface area contributed by atoms with Gasteiger partial charge in [-0.25, -0.2) is 4.79 Å². The van der Waals surface area contributed by atoms with E-state index in [1.807, 2.05) is 17.9 Å². The molecule has 1 atom stereocenters. The number of hydrogen-bond acceptors (Lipinski definition) is 5. The topological polar surface area (TPSA) is 83.2 Å². The van der Waals surface area contributed by atoms with Crippen molar-refractivity contribution >= 4 is 11.9 Å². The first-order valence-electron chi connectivity index (χ1n) is 11.0. The van der Waals surface area contributed by atoms with E-state index in [-0.39, 0.29) is 11.4 Å². The molecule has 10 heteroatoms. The van der Waals surface area contributed by atoms with Crippen LogP contribution >= 0.6 is 0 Å². The molecule has 0 aromatic carbocycles. The van der Waals surface area contributed by atoms with Gasteiger partial charge >= 0.3 is 12.1 Å². The number of carboxylic acid groups (broad SMARTS) is 1. The molecule has 1 spiro atoms. The van der Waals surface area contributed by atoms with Crippen molar-refractivity contribution in [2.24, 2.45) is 5.92 Å². The molecule has 1 saturated carbocycles. The van der Waals surface area contributed by atoms with E-state index in [9.17, 15) is 18.0 Å². The number of carboxylic acids is 1. The molecule has 1 N–H and O–H groups in total. The molecule has 1 aromatic rings. The number of hydrogen-bond donors (Lipinski definition) is 1. The van der Waals surface area contributed by atoms with Gasteiger partial charge in [0.2, 0.25) is 0 Å². The summed E-state index contributed by atoms with van der Waals surface area (Å²) in [6.45, 7) is 5.38. The predicted octanol–water partition coefficient (Wildman–Crippen LogP) is 3.72. The van der Waals surface area contributed by atoms with Crippen LogP contribution in [0.3, 0.4) is 0 Å². The van der Waals surface area contributed by atoms with Gasteiger partial charge < -0.3 is 19.2 Å². The number of halogens is 3. The van der Waals surface area contributed by atoms with Crippen molar-refractivity contribution in [3.8, 4) is 0 Å². The fourth-order valence-electron chi connectivity index (χ4n) is 4.51. The van der Waals surface area contributed by atoms with Crippen LogP contribution in [-0.2, 0) is 9.53 Å². The summed E-state index contributed by atoms with van der Waals surface area (Å²) in [6, 6.07) is 2.39. The minimum atomic E-state index is -5.08. The Morgan fingerprint density at radius 3 is 2.31 bits per heavy atom. The maximum atomic E-state index is 12.6. The van der Waals surface area contributed by atoms with E-state index >= 15 is 0 Å². The molecule has 1 unspecified atom stereocenters. The molecule has 3 heterocycles. The summed E-state index contributed by atoms with van der Waals surface area (Å²) in [5, 5.41) is 7.12. The van der Waals surface area contributed by atoms with Crippen molar-refractivity contribution in [2.75, 3.05) is 33.4 Å². The van der Waals surface area contributed by atoms with Gasteiger partial charge in [0.05, 0.1) is 12.9 Å². The second-order valence-corrected chi connectivity index (χ2v) is 9.04. The van der Waals surface area contributed by atoms with E-state index in [0.717, 1.165) is 50.6 Å². The lowest BCUT2D eigenvalue weighted by Crippen LogP contribution is -2.54. The smallest absolute Gasteiger partial charge is 0.475 e. The predicted molar refractivity (Wildman–Crippen MR) is 109 cm³/mol. The van der Waals surface area contributed by atoms with Crippen molar-refractivity contribution < 1.29 is 37.0 Å². The van der Waals surface area contributed by atoms with E-state index in [4.69, 9.17) is 19.1 Å². The first-order valence-corrected chi connectivity index (χ1v) is 11.0. The zero-order valence-corrected chi connectivity index (χ0v) is 18.5. The van der Waals surface area contributed by atoms with Gasteiger partial charge in [-0.3, -0.25) is 9.69 Å². The van der Waals surface area contributed by atoms with Gasteiger partial charge in [0, 0.05) is 36.8 Å². The second-order valence-electron chi connectivity index (χ2n) is 9.04. The van der Waals surface area contributed by atoms with Crippen LogP contribution in [0.4, 0.5) is 13.2 Å². The Kier molecular flexibility index (Phi) is 7.54. The van der Waals surface area contributed by atoms with Crippen LogP contribution in [-0.4, -0.2) is 77.9 Å². The van der Waals surface area contributed by atoms with Crippen molar-refractivity contribution in [1.29, 1.82) is 0 Å². The average molecular weight is 460 g/mol. The van der Waals surface area contributed by atoms with Crippen LogP contribution in [0.2, 0.25) is 0 Å². The third-order valence-electron chi connectivity index (χ3n) is 6.88. The quantitative estimate of drug-likeness (QED) is 0.721. The van der Waals surface area contributed by atoms with E-state index in [2.05, 4.69) is 11.9 Å². The standard InChI is InChI=1S/C20H30N2O3.C2HF3O2/c1-15-6-12-25-18(15)19(23)22-10-8-20(9-11-22)7-5-17(21(20)2)14-24-13-16-3-4-16;3-2(4,5)1(6)7/h6,12,16-17H,3-5,7-11,13-14H2,1-2H3;(H,6,7). The maximum absolute atomic E-state index is 12.6. The van der Waals surface area contributed by atoms with Gasteiger partial charge in [0.15, 0.2) is 5.76 Å². The minimum absolute atomic E-state index is 0.0438. The Morgan fingerprint density at radius 1 is 1.19 bits per heavy atom. The highest BCUT2D eigenvalue weighted by molar-refractivity contribution is 5.92. The molecule has 2 saturated heterocycles. The Labute approximate surface area is 185 Å². The van der Waals surface area contributed by atoms with Crippen LogP contribution < -0.4 is 0 Å². The number of likely N-dealkylation sites (N-methyl/N-ethyl adjacent to an activating group) is 1. The van der Waals surface area contributed by atoms with Crippen molar-refractivity contribution in [3.05, 3.63) is 23.7 Å². The lowest BCUT2D eigenvalue weighted by atomic mass is 9.85. The highest BCUT2D eigenvalue weighted by atomic mass is 19.4. The number of alkyl halides is 3. The van der Waals surface area contributed by atoms with E-state index < -0.39 is 12.1 Å². The number of piperidine rings is 1. The fraction of sp³-hybridized carbons (Fsp3) is 0.727. The molecule has 4 rings (SSSR count). The van der Waals surface area contributed by atoms with Crippen molar-refractivity contribution in [3.63, 3.8) is 0 Å². The van der Waals surface area contributed by atoms with Crippen LogP contribution in [0.5, 0.6) is 0 Å². The summed E-state index contributed by atoms with van der Waals surface area (Å²) in [5.74, 6) is -1.38. The molecule has 1 aliphatic carbocycles. The van der Waals surface area contributed by atoms with E-state index in [1.54, 1.807) is 6.26 Å². The largest absolute Gasteiger partial charge is 0.490 e. The van der Waals surface area contributed by atoms with Gasteiger partial charge in [-0.1, -0.05) is 0 Å². The molecule has 1 amide bonds. The number of furan rings is 1. The number of carbonyl (C=O) groups excluding carboxylic acids is 1. The fourth-order valence-corrected chi connectivity index (χ4v) is 4.51. The van der Waals surface area contributed by atoms with E-state index in [0.29, 0.717) is 11.8 Å². The Bertz CT molecular complexity index is 798. The molecule has 7 nitrogen and oxygen atoms in total. The summed E-state index contributed by atoms with van der Waals surface area (Å²) in [7, 11) is 2.26. The van der Waals surface area contributed by atoms with Gasteiger partial charge in [0.25, 0.3) is 5.91 Å². The zero-order chi connectivity index (χ0) is 23.5. The molecular weight excluding hydrogens is 429 g/mol. The number of carbonyl (C=O) groups is 2. The van der Waals surface area contributed by atoms with Gasteiger partial charge in [-0.2, -0.15) is 13.2 Å². The lowest BCUT2D eigenvalue weighted by Gasteiger charge is -2.44. The normalized spacial score (nSPS) is 23.2. The second kappa shape index (κ2) is 9.82. The molecular formula is C22H31F3N2O5. The summed E-state index contributed by atoms with van der Waals surface area (Å²) in [4.78, 5) is 26.1.